The summed E-state index contributed by atoms with van der Waals surface area (Å²) in [5.41, 5.74) is 0. The number of thiophene rings is 1. The fourth-order valence-electron chi connectivity index (χ4n) is 2.96. The molecule has 0 amide bonds. The molecule has 3 heteroatoms. The van der Waals surface area contributed by atoms with E-state index in [1.807, 2.05) is 11.3 Å². The topological polar surface area (TPSA) is 15.3 Å². The Morgan fingerprint density at radius 2 is 2.11 bits per heavy atom. The number of hydrogen-bond acceptors (Lipinski definition) is 3. The summed E-state index contributed by atoms with van der Waals surface area (Å²) in [5, 5.41) is 5.79. The molecule has 19 heavy (non-hydrogen) atoms. The minimum Gasteiger partial charge on any atom is -0.308 e. The highest BCUT2D eigenvalue weighted by Gasteiger charge is 2.21. The van der Waals surface area contributed by atoms with Crippen LogP contribution in [-0.4, -0.2) is 31.1 Å². The van der Waals surface area contributed by atoms with Crippen LogP contribution in [0.1, 0.15) is 50.4 Å². The van der Waals surface area contributed by atoms with E-state index in [0.717, 1.165) is 25.0 Å². The van der Waals surface area contributed by atoms with E-state index in [2.05, 4.69) is 48.6 Å². The molecule has 1 fully saturated rings. The molecule has 1 unspecified atom stereocenters. The van der Waals surface area contributed by atoms with Crippen molar-refractivity contribution in [2.24, 2.45) is 5.92 Å². The van der Waals surface area contributed by atoms with Crippen LogP contribution >= 0.6 is 11.3 Å². The zero-order valence-electron chi connectivity index (χ0n) is 12.6. The van der Waals surface area contributed by atoms with E-state index in [4.69, 9.17) is 0 Å². The summed E-state index contributed by atoms with van der Waals surface area (Å²) in [7, 11) is 2.29. The SMILES string of the molecule is CC1CCC(N(C)CCNC(C)c2cccs2)CC1. The minimum atomic E-state index is 0.486. The molecule has 1 aromatic rings. The smallest absolute Gasteiger partial charge is 0.0386 e. The molecule has 2 rings (SSSR count). The van der Waals surface area contributed by atoms with E-state index in [-0.39, 0.29) is 0 Å². The molecule has 2 nitrogen and oxygen atoms in total. The Morgan fingerprint density at radius 1 is 1.37 bits per heavy atom. The van der Waals surface area contributed by atoms with Crippen LogP contribution in [0.25, 0.3) is 0 Å². The molecule has 0 bridgehead atoms. The van der Waals surface area contributed by atoms with Gasteiger partial charge in [-0.1, -0.05) is 13.0 Å². The van der Waals surface area contributed by atoms with Gasteiger partial charge >= 0.3 is 0 Å². The number of hydrogen-bond donors (Lipinski definition) is 1. The second kappa shape index (κ2) is 7.41. The van der Waals surface area contributed by atoms with Crippen LogP contribution < -0.4 is 5.32 Å². The first-order valence-electron chi connectivity index (χ1n) is 7.64. The Bertz CT molecular complexity index is 342. The fraction of sp³-hybridized carbons (Fsp3) is 0.750. The fourth-order valence-corrected chi connectivity index (χ4v) is 3.72. The van der Waals surface area contributed by atoms with Crippen LogP contribution in [0.4, 0.5) is 0 Å². The Labute approximate surface area is 122 Å². The van der Waals surface area contributed by atoms with Gasteiger partial charge in [0.15, 0.2) is 0 Å². The van der Waals surface area contributed by atoms with E-state index in [1.165, 1.54) is 30.6 Å². The van der Waals surface area contributed by atoms with Crippen molar-refractivity contribution >= 4 is 11.3 Å². The monoisotopic (exact) mass is 280 g/mol. The average molecular weight is 280 g/mol. The second-order valence-corrected chi connectivity index (χ2v) is 7.06. The van der Waals surface area contributed by atoms with Crippen molar-refractivity contribution in [3.05, 3.63) is 22.4 Å². The summed E-state index contributed by atoms with van der Waals surface area (Å²) >= 11 is 1.84. The van der Waals surface area contributed by atoms with Gasteiger partial charge in [-0.25, -0.2) is 0 Å². The maximum Gasteiger partial charge on any atom is 0.0386 e. The molecular formula is C16H28N2S. The first-order chi connectivity index (χ1) is 9.16. The van der Waals surface area contributed by atoms with Gasteiger partial charge in [-0.2, -0.15) is 0 Å². The highest BCUT2D eigenvalue weighted by molar-refractivity contribution is 7.10. The highest BCUT2D eigenvalue weighted by atomic mass is 32.1. The van der Waals surface area contributed by atoms with Crippen LogP contribution in [-0.2, 0) is 0 Å². The van der Waals surface area contributed by atoms with E-state index in [9.17, 15) is 0 Å². The van der Waals surface area contributed by atoms with Gasteiger partial charge in [0, 0.05) is 30.1 Å². The number of rotatable bonds is 6. The molecule has 1 saturated carbocycles. The van der Waals surface area contributed by atoms with Crippen LogP contribution in [0.3, 0.4) is 0 Å². The van der Waals surface area contributed by atoms with Crippen molar-refractivity contribution in [3.8, 4) is 0 Å². The number of nitrogens with zero attached hydrogens (tertiary/aromatic N) is 1. The van der Waals surface area contributed by atoms with Gasteiger partial charge in [0.2, 0.25) is 0 Å². The summed E-state index contributed by atoms with van der Waals surface area (Å²) in [5.74, 6) is 0.946. The molecule has 1 atom stereocenters. The zero-order chi connectivity index (χ0) is 13.7. The Morgan fingerprint density at radius 3 is 2.74 bits per heavy atom. The van der Waals surface area contributed by atoms with Crippen molar-refractivity contribution in [1.82, 2.24) is 10.2 Å². The lowest BCUT2D eigenvalue weighted by molar-refractivity contribution is 0.170. The third-order valence-corrected chi connectivity index (χ3v) is 5.55. The quantitative estimate of drug-likeness (QED) is 0.850. The van der Waals surface area contributed by atoms with E-state index in [1.54, 1.807) is 0 Å². The molecule has 1 heterocycles. The van der Waals surface area contributed by atoms with Crippen molar-refractivity contribution in [1.29, 1.82) is 0 Å². The second-order valence-electron chi connectivity index (χ2n) is 6.09. The molecule has 108 valence electrons. The molecule has 1 aliphatic carbocycles. The zero-order valence-corrected chi connectivity index (χ0v) is 13.4. The number of likely N-dealkylation sites (N-methyl/N-ethyl adjacent to an activating group) is 1. The first kappa shape index (κ1) is 15.0. The molecule has 1 aliphatic rings. The highest BCUT2D eigenvalue weighted by Crippen LogP contribution is 2.26. The molecule has 0 radical (unpaired) electrons. The van der Waals surface area contributed by atoms with Gasteiger partial charge in [0.1, 0.15) is 0 Å². The largest absolute Gasteiger partial charge is 0.308 e. The average Bonchev–Trinajstić information content (AvgIpc) is 2.93. The maximum absolute atomic E-state index is 3.63. The van der Waals surface area contributed by atoms with E-state index >= 15 is 0 Å². The van der Waals surface area contributed by atoms with Gasteiger partial charge in [0.25, 0.3) is 0 Å². The molecular weight excluding hydrogens is 252 g/mol. The van der Waals surface area contributed by atoms with Crippen molar-refractivity contribution in [2.45, 2.75) is 51.6 Å². The Balaban J connectivity index is 1.65. The summed E-state index contributed by atoms with van der Waals surface area (Å²) < 4.78 is 0. The van der Waals surface area contributed by atoms with Crippen molar-refractivity contribution in [3.63, 3.8) is 0 Å². The first-order valence-corrected chi connectivity index (χ1v) is 8.52. The summed E-state index contributed by atoms with van der Waals surface area (Å²) in [6.45, 7) is 6.89. The van der Waals surface area contributed by atoms with Crippen molar-refractivity contribution in [2.75, 3.05) is 20.1 Å². The van der Waals surface area contributed by atoms with E-state index < -0.39 is 0 Å². The predicted octanol–water partition coefficient (Wildman–Crippen LogP) is 3.91. The molecule has 1 aromatic heterocycles. The van der Waals surface area contributed by atoms with Crippen LogP contribution in [0.15, 0.2) is 17.5 Å². The predicted molar refractivity (Wildman–Crippen MR) is 84.8 cm³/mol. The Hall–Kier alpha value is -0.380. The lowest BCUT2D eigenvalue weighted by Crippen LogP contribution is -2.39. The minimum absolute atomic E-state index is 0.486. The van der Waals surface area contributed by atoms with Crippen LogP contribution in [0, 0.1) is 5.92 Å². The van der Waals surface area contributed by atoms with Gasteiger partial charge < -0.3 is 10.2 Å². The molecule has 0 aliphatic heterocycles. The Kier molecular flexibility index (Phi) is 5.86. The van der Waals surface area contributed by atoms with Crippen LogP contribution in [0.2, 0.25) is 0 Å². The third kappa shape index (κ3) is 4.59. The third-order valence-electron chi connectivity index (χ3n) is 4.49. The van der Waals surface area contributed by atoms with Gasteiger partial charge in [0.05, 0.1) is 0 Å². The van der Waals surface area contributed by atoms with Crippen molar-refractivity contribution < 1.29 is 0 Å². The van der Waals surface area contributed by atoms with E-state index in [0.29, 0.717) is 6.04 Å². The van der Waals surface area contributed by atoms with Gasteiger partial charge in [-0.3, -0.25) is 0 Å². The lowest BCUT2D eigenvalue weighted by Gasteiger charge is -2.33. The maximum atomic E-state index is 3.63. The normalized spacial score (nSPS) is 25.7. The summed E-state index contributed by atoms with van der Waals surface area (Å²) in [6.07, 6.45) is 5.60. The molecule has 0 spiro atoms. The van der Waals surface area contributed by atoms with Crippen LogP contribution in [0.5, 0.6) is 0 Å². The summed E-state index contributed by atoms with van der Waals surface area (Å²) in [6, 6.07) is 5.65. The molecule has 0 aromatic carbocycles. The summed E-state index contributed by atoms with van der Waals surface area (Å²) in [4.78, 5) is 3.99. The van der Waals surface area contributed by atoms with Gasteiger partial charge in [-0.05, 0) is 57.0 Å². The lowest BCUT2D eigenvalue weighted by atomic mass is 9.87. The van der Waals surface area contributed by atoms with Gasteiger partial charge in [-0.15, -0.1) is 11.3 Å². The molecule has 1 N–H and O–H groups in total. The standard InChI is InChI=1S/C16H28N2S/c1-13-6-8-15(9-7-13)18(3)11-10-17-14(2)16-5-4-12-19-16/h4-5,12-15,17H,6-11H2,1-3H3. The number of nitrogens with one attached hydrogen (secondary N) is 1. The molecule has 0 saturated heterocycles.